The van der Waals surface area contributed by atoms with E-state index in [0.717, 1.165) is 5.39 Å². The lowest BCUT2D eigenvalue weighted by atomic mass is 10.2. The van der Waals surface area contributed by atoms with Crippen LogP contribution in [0, 0.1) is 11.3 Å². The van der Waals surface area contributed by atoms with Crippen LogP contribution in [-0.2, 0) is 11.8 Å². The molecule has 0 aromatic carbocycles. The van der Waals surface area contributed by atoms with Crippen molar-refractivity contribution in [3.8, 4) is 11.9 Å². The zero-order chi connectivity index (χ0) is 18.3. The van der Waals surface area contributed by atoms with E-state index in [1.807, 2.05) is 6.07 Å². The number of hydrogen-bond acceptors (Lipinski definition) is 7. The molecule has 0 radical (unpaired) electrons. The number of rotatable bonds is 4. The zero-order valence-corrected chi connectivity index (χ0v) is 14.2. The summed E-state index contributed by atoms with van der Waals surface area (Å²) in [6, 6.07) is 3.73. The third kappa shape index (κ3) is 2.90. The molecule has 10 heteroatoms. The van der Waals surface area contributed by atoms with E-state index in [-0.39, 0.29) is 12.0 Å². The average Bonchev–Trinajstić information content (AvgIpc) is 3.12. The molecule has 0 spiro atoms. The maximum Gasteiger partial charge on any atom is 0.257 e. The second kappa shape index (κ2) is 6.03. The molecule has 0 saturated carbocycles. The van der Waals surface area contributed by atoms with E-state index in [1.165, 1.54) is 6.92 Å². The topological polar surface area (TPSA) is 125 Å². The number of amides is 1. The molecule has 1 saturated heterocycles. The highest BCUT2D eigenvalue weighted by Gasteiger charge is 2.31. The molecule has 0 atom stereocenters. The van der Waals surface area contributed by atoms with Gasteiger partial charge in [-0.2, -0.15) is 10.2 Å². The molecule has 10 nitrogen and oxygen atoms in total. The fraction of sp³-hybridized carbons (Fsp3) is 0.312. The van der Waals surface area contributed by atoms with Gasteiger partial charge in [-0.3, -0.25) is 9.48 Å². The van der Waals surface area contributed by atoms with E-state index in [0.29, 0.717) is 41.9 Å². The number of aryl methyl sites for hydroxylation is 1. The van der Waals surface area contributed by atoms with Gasteiger partial charge in [0.25, 0.3) is 5.88 Å². The van der Waals surface area contributed by atoms with Crippen LogP contribution in [-0.4, -0.2) is 54.7 Å². The molecular formula is C16H16N8O2. The lowest BCUT2D eigenvalue weighted by molar-refractivity contribution is -0.137. The molecule has 3 aromatic rings. The molecule has 4 rings (SSSR count). The molecule has 2 N–H and O–H groups in total. The first-order valence-electron chi connectivity index (χ1n) is 8.00. The van der Waals surface area contributed by atoms with Crippen LogP contribution < -0.4 is 10.1 Å². The molecule has 1 amide bonds. The molecule has 0 unspecified atom stereocenters. The van der Waals surface area contributed by atoms with Gasteiger partial charge in [0.15, 0.2) is 0 Å². The maximum absolute atomic E-state index is 11.3. The van der Waals surface area contributed by atoms with Gasteiger partial charge >= 0.3 is 0 Å². The Bertz CT molecular complexity index is 1020. The number of nitriles is 1. The van der Waals surface area contributed by atoms with Crippen LogP contribution in [0.1, 0.15) is 12.6 Å². The van der Waals surface area contributed by atoms with Gasteiger partial charge in [0.05, 0.1) is 19.3 Å². The Labute approximate surface area is 148 Å². The highest BCUT2D eigenvalue weighted by atomic mass is 16.5. The monoisotopic (exact) mass is 352 g/mol. The Morgan fingerprint density at radius 2 is 2.31 bits per heavy atom. The quantitative estimate of drug-likeness (QED) is 0.715. The van der Waals surface area contributed by atoms with Crippen LogP contribution in [0.2, 0.25) is 0 Å². The molecule has 132 valence electrons. The SMILES string of the molecule is CC(=O)N1CC(Oc2nn(C)cc2Nc2ncc3cc(C#N)[nH]c3n2)C1. The second-order valence-corrected chi connectivity index (χ2v) is 6.10. The van der Waals surface area contributed by atoms with Gasteiger partial charge in [0.2, 0.25) is 11.9 Å². The summed E-state index contributed by atoms with van der Waals surface area (Å²) in [6.45, 7) is 2.64. The first-order chi connectivity index (χ1) is 12.5. The third-order valence-electron chi connectivity index (χ3n) is 4.10. The van der Waals surface area contributed by atoms with Crippen molar-refractivity contribution in [3.63, 3.8) is 0 Å². The number of carbonyl (C=O) groups is 1. The highest BCUT2D eigenvalue weighted by Crippen LogP contribution is 2.27. The van der Waals surface area contributed by atoms with Gasteiger partial charge in [0.1, 0.15) is 29.2 Å². The van der Waals surface area contributed by atoms with Crippen molar-refractivity contribution in [3.05, 3.63) is 24.2 Å². The number of fused-ring (bicyclic) bond motifs is 1. The predicted octanol–water partition coefficient (Wildman–Crippen LogP) is 0.916. The molecule has 26 heavy (non-hydrogen) atoms. The Balaban J connectivity index is 1.51. The van der Waals surface area contributed by atoms with Crippen molar-refractivity contribution in [1.29, 1.82) is 5.26 Å². The van der Waals surface area contributed by atoms with Crippen LogP contribution in [0.15, 0.2) is 18.5 Å². The summed E-state index contributed by atoms with van der Waals surface area (Å²) in [6.07, 6.45) is 3.31. The number of anilines is 2. The van der Waals surface area contributed by atoms with Gasteiger partial charge in [0, 0.05) is 25.6 Å². The maximum atomic E-state index is 11.3. The zero-order valence-electron chi connectivity index (χ0n) is 14.2. The molecule has 0 bridgehead atoms. The van der Waals surface area contributed by atoms with E-state index in [1.54, 1.807) is 35.1 Å². The van der Waals surface area contributed by atoms with E-state index in [4.69, 9.17) is 10.00 Å². The summed E-state index contributed by atoms with van der Waals surface area (Å²) < 4.78 is 7.49. The van der Waals surface area contributed by atoms with Crippen LogP contribution in [0.3, 0.4) is 0 Å². The van der Waals surface area contributed by atoms with Crippen molar-refractivity contribution >= 4 is 28.6 Å². The van der Waals surface area contributed by atoms with E-state index < -0.39 is 0 Å². The van der Waals surface area contributed by atoms with E-state index in [9.17, 15) is 4.79 Å². The molecule has 3 aromatic heterocycles. The average molecular weight is 352 g/mol. The summed E-state index contributed by atoms with van der Waals surface area (Å²) in [4.78, 5) is 24.5. The first kappa shape index (κ1) is 15.9. The van der Waals surface area contributed by atoms with Gasteiger partial charge in [-0.1, -0.05) is 0 Å². The molecule has 1 aliphatic rings. The van der Waals surface area contributed by atoms with Crippen LogP contribution in [0.4, 0.5) is 11.6 Å². The molecular weight excluding hydrogens is 336 g/mol. The van der Waals surface area contributed by atoms with Crippen molar-refractivity contribution in [2.45, 2.75) is 13.0 Å². The van der Waals surface area contributed by atoms with Gasteiger partial charge in [-0.15, -0.1) is 5.10 Å². The number of hydrogen-bond donors (Lipinski definition) is 2. The molecule has 4 heterocycles. The Morgan fingerprint density at radius 1 is 1.50 bits per heavy atom. The number of nitrogens with one attached hydrogen (secondary N) is 2. The van der Waals surface area contributed by atoms with Crippen LogP contribution in [0.25, 0.3) is 11.0 Å². The number of likely N-dealkylation sites (tertiary alicyclic amines) is 1. The minimum atomic E-state index is -0.0839. The molecule has 1 aliphatic heterocycles. The van der Waals surface area contributed by atoms with Gasteiger partial charge < -0.3 is 19.9 Å². The second-order valence-electron chi connectivity index (χ2n) is 6.10. The minimum Gasteiger partial charge on any atom is -0.468 e. The van der Waals surface area contributed by atoms with Crippen LogP contribution >= 0.6 is 0 Å². The Kier molecular flexibility index (Phi) is 3.69. The molecule has 0 aliphatic carbocycles. The standard InChI is InChI=1S/C16H16N8O2/c1-9(25)24-6-12(7-24)26-15-13(8-23(2)22-15)20-16-18-5-10-3-11(4-17)19-14(10)21-16/h3,5,8,12H,6-7H2,1-2H3,(H2,18,19,20,21). The Hall–Kier alpha value is -3.61. The fourth-order valence-electron chi connectivity index (χ4n) is 2.73. The van der Waals surface area contributed by atoms with Crippen molar-refractivity contribution in [2.75, 3.05) is 18.4 Å². The number of nitrogens with zero attached hydrogens (tertiary/aromatic N) is 6. The summed E-state index contributed by atoms with van der Waals surface area (Å²) in [5.74, 6) is 0.822. The molecule has 1 fully saturated rings. The third-order valence-corrected chi connectivity index (χ3v) is 4.10. The number of aromatic amines is 1. The van der Waals surface area contributed by atoms with Crippen molar-refractivity contribution < 1.29 is 9.53 Å². The fourth-order valence-corrected chi connectivity index (χ4v) is 2.73. The number of carbonyl (C=O) groups excluding carboxylic acids is 1. The highest BCUT2D eigenvalue weighted by molar-refractivity contribution is 5.78. The van der Waals surface area contributed by atoms with Crippen LogP contribution in [0.5, 0.6) is 5.88 Å². The van der Waals surface area contributed by atoms with Gasteiger partial charge in [-0.25, -0.2) is 4.98 Å². The summed E-state index contributed by atoms with van der Waals surface area (Å²) >= 11 is 0. The summed E-state index contributed by atoms with van der Waals surface area (Å²) in [5.41, 5.74) is 1.62. The van der Waals surface area contributed by atoms with Gasteiger partial charge in [-0.05, 0) is 6.07 Å². The Morgan fingerprint density at radius 3 is 3.04 bits per heavy atom. The minimum absolute atomic E-state index is 0.0357. The number of H-pyrrole nitrogens is 1. The summed E-state index contributed by atoms with van der Waals surface area (Å²) in [7, 11) is 1.79. The predicted molar refractivity (Wildman–Crippen MR) is 91.8 cm³/mol. The smallest absolute Gasteiger partial charge is 0.257 e. The number of aromatic nitrogens is 5. The van der Waals surface area contributed by atoms with Crippen molar-refractivity contribution in [2.24, 2.45) is 7.05 Å². The number of ether oxygens (including phenoxy) is 1. The van der Waals surface area contributed by atoms with Crippen molar-refractivity contribution in [1.82, 2.24) is 29.6 Å². The normalized spacial score (nSPS) is 14.1. The first-order valence-corrected chi connectivity index (χ1v) is 8.00. The lowest BCUT2D eigenvalue weighted by Crippen LogP contribution is -2.55. The summed E-state index contributed by atoms with van der Waals surface area (Å²) in [5, 5.41) is 17.1. The van der Waals surface area contributed by atoms with E-state index >= 15 is 0 Å². The largest absolute Gasteiger partial charge is 0.468 e. The van der Waals surface area contributed by atoms with E-state index in [2.05, 4.69) is 25.4 Å². The lowest BCUT2D eigenvalue weighted by Gasteiger charge is -2.37.